The lowest BCUT2D eigenvalue weighted by molar-refractivity contribution is -0.142. The number of rotatable bonds is 7. The average molecular weight is 557 g/mol. The van der Waals surface area contributed by atoms with Crippen LogP contribution in [0, 0.1) is 5.82 Å². The average Bonchev–Trinajstić information content (AvgIpc) is 3.35. The van der Waals surface area contributed by atoms with Gasteiger partial charge in [-0.2, -0.15) is 0 Å². The number of carboxylic acid groups (broad SMARTS) is 1. The molecule has 192 valence electrons. The number of carbonyl (C=O) groups is 2. The number of aliphatic imine (C=N–C) groups is 1. The summed E-state index contributed by atoms with van der Waals surface area (Å²) in [6.45, 7) is 1.53. The largest absolute Gasteiger partial charge is 0.480 e. The van der Waals surface area contributed by atoms with Crippen LogP contribution in [0.25, 0.3) is 0 Å². The Hall–Kier alpha value is -2.87. The molecule has 0 bridgehead atoms. The molecule has 2 N–H and O–H groups in total. The van der Waals surface area contributed by atoms with E-state index in [-0.39, 0.29) is 41.7 Å². The van der Waals surface area contributed by atoms with Gasteiger partial charge in [-0.1, -0.05) is 17.7 Å². The molecule has 2 aliphatic rings. The quantitative estimate of drug-likeness (QED) is 0.490. The number of nitrogens with one attached hydrogen (secondary N) is 1. The predicted molar refractivity (Wildman–Crippen MR) is 131 cm³/mol. The van der Waals surface area contributed by atoms with Gasteiger partial charge in [0.05, 0.1) is 23.7 Å². The van der Waals surface area contributed by atoms with Gasteiger partial charge in [-0.3, -0.25) is 14.7 Å². The highest BCUT2D eigenvalue weighted by Crippen LogP contribution is 2.37. The smallest absolute Gasteiger partial charge is 0.338 e. The van der Waals surface area contributed by atoms with E-state index >= 15 is 0 Å². The van der Waals surface area contributed by atoms with Crippen molar-refractivity contribution < 1.29 is 32.2 Å². The number of nitrogens with zero attached hydrogens (tertiary/aromatic N) is 3. The number of hydrogen-bond donors (Lipinski definition) is 2. The van der Waals surface area contributed by atoms with E-state index in [1.807, 2.05) is 0 Å². The van der Waals surface area contributed by atoms with Crippen molar-refractivity contribution >= 4 is 50.5 Å². The molecule has 2 aliphatic heterocycles. The van der Waals surface area contributed by atoms with Crippen LogP contribution in [0.2, 0.25) is 5.02 Å². The van der Waals surface area contributed by atoms with Crippen molar-refractivity contribution in [2.75, 3.05) is 31.2 Å². The van der Waals surface area contributed by atoms with Crippen molar-refractivity contribution in [3.63, 3.8) is 0 Å². The first-order valence-corrected chi connectivity index (χ1v) is 13.9. The van der Waals surface area contributed by atoms with E-state index in [1.165, 1.54) is 28.4 Å². The van der Waals surface area contributed by atoms with Crippen LogP contribution < -0.4 is 5.32 Å². The van der Waals surface area contributed by atoms with E-state index in [0.29, 0.717) is 16.4 Å². The molecule has 2 atom stereocenters. The van der Waals surface area contributed by atoms with E-state index in [2.05, 4.69) is 15.3 Å². The lowest BCUT2D eigenvalue weighted by atomic mass is 9.95. The number of sulfone groups is 1. The standard InChI is InChI=1S/C22H22ClFN4O6S2/c1-2-34-22(31)17-15(10-28-6-8-36(32,33)11-16(28)21(29)30)26-19(20-25-5-7-35-20)27-18(17)13-4-3-12(24)9-14(13)23/h3-5,7,9,16,18H,2,6,8,10-11H2,1H3,(H,26,27)(H,29,30)/t16-,18?/m0/s1. The Labute approximate surface area is 215 Å². The zero-order chi connectivity index (χ0) is 26.0. The topological polar surface area (TPSA) is 138 Å². The first kappa shape index (κ1) is 26.2. The molecule has 10 nitrogen and oxygen atoms in total. The number of aromatic nitrogens is 1. The SMILES string of the molecule is CCOC(=O)C1=C(CN2CCS(=O)(=O)C[C@H]2C(=O)O)NC(c2nccs2)=NC1c1ccc(F)cc1Cl. The Morgan fingerprint density at radius 1 is 1.39 bits per heavy atom. The summed E-state index contributed by atoms with van der Waals surface area (Å²) in [5, 5.41) is 15.1. The molecule has 0 spiro atoms. The van der Waals surface area contributed by atoms with Crippen molar-refractivity contribution in [2.45, 2.75) is 19.0 Å². The molecule has 1 fully saturated rings. The Bertz CT molecular complexity index is 1350. The summed E-state index contributed by atoms with van der Waals surface area (Å²) in [5.41, 5.74) is 0.665. The van der Waals surface area contributed by atoms with Crippen LogP contribution in [-0.2, 0) is 24.2 Å². The number of carbonyl (C=O) groups excluding carboxylic acids is 1. The van der Waals surface area contributed by atoms with Crippen LogP contribution in [0.3, 0.4) is 0 Å². The van der Waals surface area contributed by atoms with E-state index in [1.54, 1.807) is 18.5 Å². The molecule has 1 aromatic heterocycles. The van der Waals surface area contributed by atoms with Gasteiger partial charge in [0.25, 0.3) is 0 Å². The van der Waals surface area contributed by atoms with Crippen molar-refractivity contribution in [2.24, 2.45) is 4.99 Å². The van der Waals surface area contributed by atoms with Crippen LogP contribution in [-0.4, -0.2) is 78.4 Å². The maximum atomic E-state index is 13.8. The lowest BCUT2D eigenvalue weighted by Crippen LogP contribution is -2.54. The number of esters is 1. The number of halogens is 2. The van der Waals surface area contributed by atoms with Crippen LogP contribution in [0.4, 0.5) is 4.39 Å². The van der Waals surface area contributed by atoms with E-state index < -0.39 is 45.4 Å². The minimum Gasteiger partial charge on any atom is -0.480 e. The Morgan fingerprint density at radius 2 is 2.17 bits per heavy atom. The van der Waals surface area contributed by atoms with Crippen LogP contribution in [0.15, 0.2) is 46.0 Å². The van der Waals surface area contributed by atoms with Gasteiger partial charge in [-0.05, 0) is 19.1 Å². The highest BCUT2D eigenvalue weighted by molar-refractivity contribution is 7.91. The summed E-state index contributed by atoms with van der Waals surface area (Å²) in [4.78, 5) is 35.5. The molecule has 0 saturated carbocycles. The van der Waals surface area contributed by atoms with Crippen LogP contribution in [0.1, 0.15) is 23.5 Å². The summed E-state index contributed by atoms with van der Waals surface area (Å²) in [7, 11) is -3.53. The molecule has 3 heterocycles. The van der Waals surface area contributed by atoms with Crippen molar-refractivity contribution in [3.8, 4) is 0 Å². The molecular weight excluding hydrogens is 535 g/mol. The zero-order valence-electron chi connectivity index (χ0n) is 19.0. The molecule has 36 heavy (non-hydrogen) atoms. The second-order valence-electron chi connectivity index (χ2n) is 8.06. The summed E-state index contributed by atoms with van der Waals surface area (Å²) in [6, 6.07) is 1.40. The fourth-order valence-electron chi connectivity index (χ4n) is 4.03. The first-order chi connectivity index (χ1) is 17.1. The Morgan fingerprint density at radius 3 is 2.81 bits per heavy atom. The lowest BCUT2D eigenvalue weighted by Gasteiger charge is -2.35. The molecule has 2 aromatic rings. The van der Waals surface area contributed by atoms with Gasteiger partial charge < -0.3 is 15.2 Å². The van der Waals surface area contributed by atoms with E-state index in [4.69, 9.17) is 16.3 Å². The van der Waals surface area contributed by atoms with Gasteiger partial charge in [0.2, 0.25) is 0 Å². The second-order valence-corrected chi connectivity index (χ2v) is 11.6. The van der Waals surface area contributed by atoms with Crippen molar-refractivity contribution in [1.29, 1.82) is 0 Å². The molecule has 1 unspecified atom stereocenters. The third-order valence-electron chi connectivity index (χ3n) is 5.70. The maximum Gasteiger partial charge on any atom is 0.338 e. The maximum absolute atomic E-state index is 13.8. The number of amidine groups is 1. The molecule has 1 aromatic carbocycles. The number of aliphatic carboxylic acids is 1. The summed E-state index contributed by atoms with van der Waals surface area (Å²) < 4.78 is 43.3. The fraction of sp³-hybridized carbons (Fsp3) is 0.364. The highest BCUT2D eigenvalue weighted by Gasteiger charge is 2.39. The molecule has 4 rings (SSSR count). The van der Waals surface area contributed by atoms with Gasteiger partial charge >= 0.3 is 11.9 Å². The number of hydrogen-bond acceptors (Lipinski definition) is 10. The molecule has 14 heteroatoms. The van der Waals surface area contributed by atoms with Crippen LogP contribution in [0.5, 0.6) is 0 Å². The Balaban J connectivity index is 1.84. The van der Waals surface area contributed by atoms with Crippen molar-refractivity contribution in [3.05, 3.63) is 62.5 Å². The van der Waals surface area contributed by atoms with Crippen molar-refractivity contribution in [1.82, 2.24) is 15.2 Å². The van der Waals surface area contributed by atoms with E-state index in [9.17, 15) is 27.5 Å². The molecule has 0 aliphatic carbocycles. The molecule has 0 radical (unpaired) electrons. The summed E-state index contributed by atoms with van der Waals surface area (Å²) in [5.74, 6) is -3.05. The Kier molecular flexibility index (Phi) is 7.73. The number of carboxylic acids is 1. The van der Waals surface area contributed by atoms with Gasteiger partial charge in [0.1, 0.15) is 17.9 Å². The van der Waals surface area contributed by atoms with Gasteiger partial charge in [0.15, 0.2) is 20.7 Å². The molecule has 1 saturated heterocycles. The summed E-state index contributed by atoms with van der Waals surface area (Å²) in [6.07, 6.45) is 1.57. The van der Waals surface area contributed by atoms with E-state index in [0.717, 1.165) is 6.07 Å². The monoisotopic (exact) mass is 556 g/mol. The minimum absolute atomic E-state index is 0.0396. The molecule has 0 amide bonds. The highest BCUT2D eigenvalue weighted by atomic mass is 35.5. The number of ether oxygens (including phenoxy) is 1. The van der Waals surface area contributed by atoms with Gasteiger partial charge in [-0.25, -0.2) is 22.6 Å². The minimum atomic E-state index is -3.53. The first-order valence-electron chi connectivity index (χ1n) is 10.9. The zero-order valence-corrected chi connectivity index (χ0v) is 21.4. The summed E-state index contributed by atoms with van der Waals surface area (Å²) >= 11 is 7.63. The third-order valence-corrected chi connectivity index (χ3v) is 8.44. The fourth-order valence-corrected chi connectivity index (χ4v) is 6.40. The van der Waals surface area contributed by atoms with Gasteiger partial charge in [0, 0.05) is 40.9 Å². The second kappa shape index (κ2) is 10.6. The molecular formula is C22H22ClFN4O6S2. The third kappa shape index (κ3) is 5.59. The normalized spacial score (nSPS) is 22.0. The van der Waals surface area contributed by atoms with Crippen LogP contribution >= 0.6 is 22.9 Å². The number of benzene rings is 1. The number of thiazole rings is 1. The van der Waals surface area contributed by atoms with Gasteiger partial charge in [-0.15, -0.1) is 11.3 Å². The predicted octanol–water partition coefficient (Wildman–Crippen LogP) is 2.03.